The molecule has 118 valence electrons. The highest BCUT2D eigenvalue weighted by Crippen LogP contribution is 2.29. The number of pyridine rings is 1. The molecule has 0 unspecified atom stereocenters. The molecule has 0 aromatic carbocycles. The maximum absolute atomic E-state index is 12.6. The van der Waals surface area contributed by atoms with Crippen molar-refractivity contribution in [3.8, 4) is 0 Å². The summed E-state index contributed by atoms with van der Waals surface area (Å²) in [6, 6.07) is 1.98. The fourth-order valence-corrected chi connectivity index (χ4v) is 2.55. The van der Waals surface area contributed by atoms with E-state index < -0.39 is 11.7 Å². The van der Waals surface area contributed by atoms with Crippen molar-refractivity contribution in [3.63, 3.8) is 0 Å². The standard InChI is InChI=1S/C14H20F3N3O/c15-14(16,17)12-3-4-18-13(8-12)19-5-7-20-6-1-2-11(9-20)10-21/h3-4,8,11,21H,1-2,5-7,9-10H2,(H,18,19)/t11-/m0/s1. The van der Waals surface area contributed by atoms with E-state index >= 15 is 0 Å². The van der Waals surface area contributed by atoms with Crippen LogP contribution in [0.1, 0.15) is 18.4 Å². The van der Waals surface area contributed by atoms with Crippen LogP contribution in [-0.4, -0.2) is 47.8 Å². The summed E-state index contributed by atoms with van der Waals surface area (Å²) < 4.78 is 37.7. The molecule has 0 radical (unpaired) electrons. The zero-order valence-corrected chi connectivity index (χ0v) is 11.7. The molecular formula is C14H20F3N3O. The van der Waals surface area contributed by atoms with Crippen LogP contribution in [0.15, 0.2) is 18.3 Å². The lowest BCUT2D eigenvalue weighted by atomic mass is 9.99. The van der Waals surface area contributed by atoms with Gasteiger partial charge in [0.2, 0.25) is 0 Å². The molecule has 7 heteroatoms. The normalized spacial score (nSPS) is 20.5. The number of hydrogen-bond donors (Lipinski definition) is 2. The third-order valence-corrected chi connectivity index (χ3v) is 3.68. The fourth-order valence-electron chi connectivity index (χ4n) is 2.55. The summed E-state index contributed by atoms with van der Waals surface area (Å²) in [5, 5.41) is 12.1. The lowest BCUT2D eigenvalue weighted by Gasteiger charge is -2.31. The molecule has 21 heavy (non-hydrogen) atoms. The summed E-state index contributed by atoms with van der Waals surface area (Å²) in [5.74, 6) is 0.547. The van der Waals surface area contributed by atoms with Gasteiger partial charge in [0.05, 0.1) is 5.56 Å². The van der Waals surface area contributed by atoms with Gasteiger partial charge >= 0.3 is 6.18 Å². The molecule has 1 aliphatic rings. The van der Waals surface area contributed by atoms with E-state index in [-0.39, 0.29) is 12.4 Å². The lowest BCUT2D eigenvalue weighted by Crippen LogP contribution is -2.39. The van der Waals surface area contributed by atoms with Crippen molar-refractivity contribution in [2.75, 3.05) is 38.1 Å². The van der Waals surface area contributed by atoms with Crippen LogP contribution in [0.4, 0.5) is 19.0 Å². The van der Waals surface area contributed by atoms with E-state index in [0.29, 0.717) is 12.5 Å². The monoisotopic (exact) mass is 303 g/mol. The van der Waals surface area contributed by atoms with Gasteiger partial charge in [-0.2, -0.15) is 13.2 Å². The van der Waals surface area contributed by atoms with Crippen molar-refractivity contribution in [3.05, 3.63) is 23.9 Å². The molecule has 1 aliphatic heterocycles. The van der Waals surface area contributed by atoms with Gasteiger partial charge in [0.25, 0.3) is 0 Å². The molecule has 0 spiro atoms. The second-order valence-corrected chi connectivity index (χ2v) is 5.35. The van der Waals surface area contributed by atoms with E-state index in [0.717, 1.165) is 50.8 Å². The van der Waals surface area contributed by atoms with E-state index in [1.165, 1.54) is 0 Å². The van der Waals surface area contributed by atoms with Gasteiger partial charge in [0.1, 0.15) is 5.82 Å². The highest BCUT2D eigenvalue weighted by Gasteiger charge is 2.30. The minimum Gasteiger partial charge on any atom is -0.396 e. The van der Waals surface area contributed by atoms with Crippen molar-refractivity contribution in [1.82, 2.24) is 9.88 Å². The predicted molar refractivity (Wildman–Crippen MR) is 74.0 cm³/mol. The van der Waals surface area contributed by atoms with E-state index in [4.69, 9.17) is 5.11 Å². The smallest absolute Gasteiger partial charge is 0.396 e. The van der Waals surface area contributed by atoms with Crippen LogP contribution in [0.3, 0.4) is 0 Å². The Kier molecular flexibility index (Phi) is 5.41. The third-order valence-electron chi connectivity index (χ3n) is 3.68. The molecule has 1 aromatic rings. The van der Waals surface area contributed by atoms with Crippen molar-refractivity contribution in [2.24, 2.45) is 5.92 Å². The summed E-state index contributed by atoms with van der Waals surface area (Å²) in [6.07, 6.45) is -1.10. The average molecular weight is 303 g/mol. The van der Waals surface area contributed by atoms with E-state index in [9.17, 15) is 13.2 Å². The third kappa shape index (κ3) is 4.86. The Hall–Kier alpha value is -1.34. The Morgan fingerprint density at radius 2 is 2.24 bits per heavy atom. The van der Waals surface area contributed by atoms with Crippen molar-refractivity contribution < 1.29 is 18.3 Å². The lowest BCUT2D eigenvalue weighted by molar-refractivity contribution is -0.137. The number of rotatable bonds is 5. The number of likely N-dealkylation sites (tertiary alicyclic amines) is 1. The van der Waals surface area contributed by atoms with Gasteiger partial charge in [0.15, 0.2) is 0 Å². The first-order valence-corrected chi connectivity index (χ1v) is 7.09. The van der Waals surface area contributed by atoms with Crippen LogP contribution in [0.25, 0.3) is 0 Å². The largest absolute Gasteiger partial charge is 0.416 e. The Bertz CT molecular complexity index is 453. The first-order valence-electron chi connectivity index (χ1n) is 7.09. The number of hydrogen-bond acceptors (Lipinski definition) is 4. The minimum atomic E-state index is -4.35. The molecule has 2 heterocycles. The minimum absolute atomic E-state index is 0.194. The maximum atomic E-state index is 12.6. The van der Waals surface area contributed by atoms with Crippen LogP contribution in [0.5, 0.6) is 0 Å². The van der Waals surface area contributed by atoms with Crippen molar-refractivity contribution in [1.29, 1.82) is 0 Å². The molecule has 1 fully saturated rings. The Morgan fingerprint density at radius 1 is 1.43 bits per heavy atom. The highest BCUT2D eigenvalue weighted by atomic mass is 19.4. The molecule has 0 bridgehead atoms. The molecule has 4 nitrogen and oxygen atoms in total. The second kappa shape index (κ2) is 7.09. The number of anilines is 1. The number of alkyl halides is 3. The van der Waals surface area contributed by atoms with E-state index in [1.807, 2.05) is 0 Å². The van der Waals surface area contributed by atoms with Gasteiger partial charge in [-0.15, -0.1) is 0 Å². The SMILES string of the molecule is OC[C@H]1CCCN(CCNc2cc(C(F)(F)F)ccn2)C1. The van der Waals surface area contributed by atoms with Crippen LogP contribution < -0.4 is 5.32 Å². The zero-order chi connectivity index (χ0) is 15.3. The molecule has 0 amide bonds. The summed E-state index contributed by atoms with van der Waals surface area (Å²) in [5.41, 5.74) is -0.696. The van der Waals surface area contributed by atoms with Crippen molar-refractivity contribution >= 4 is 5.82 Å². The average Bonchev–Trinajstić information content (AvgIpc) is 2.47. The van der Waals surface area contributed by atoms with Gasteiger partial charge in [-0.1, -0.05) is 0 Å². The molecule has 2 N–H and O–H groups in total. The molecular weight excluding hydrogens is 283 g/mol. The van der Waals surface area contributed by atoms with Gasteiger partial charge in [-0.25, -0.2) is 4.98 Å². The molecule has 0 aliphatic carbocycles. The Morgan fingerprint density at radius 3 is 2.95 bits per heavy atom. The van der Waals surface area contributed by atoms with Crippen molar-refractivity contribution in [2.45, 2.75) is 19.0 Å². The second-order valence-electron chi connectivity index (χ2n) is 5.35. The number of nitrogens with one attached hydrogen (secondary N) is 1. The summed E-state index contributed by atoms with van der Waals surface area (Å²) in [4.78, 5) is 6.11. The summed E-state index contributed by atoms with van der Waals surface area (Å²) in [7, 11) is 0. The first-order chi connectivity index (χ1) is 9.99. The number of aliphatic hydroxyl groups is 1. The zero-order valence-electron chi connectivity index (χ0n) is 11.7. The van der Waals surface area contributed by atoms with Crippen LogP contribution in [0.2, 0.25) is 0 Å². The first kappa shape index (κ1) is 16.0. The molecule has 1 atom stereocenters. The van der Waals surface area contributed by atoms with E-state index in [2.05, 4.69) is 15.2 Å². The molecule has 0 saturated carbocycles. The molecule has 1 aromatic heterocycles. The summed E-state index contributed by atoms with van der Waals surface area (Å²) >= 11 is 0. The Balaban J connectivity index is 1.81. The number of aliphatic hydroxyl groups excluding tert-OH is 1. The van der Waals surface area contributed by atoms with Gasteiger partial charge < -0.3 is 15.3 Å². The molecule has 2 rings (SSSR count). The fraction of sp³-hybridized carbons (Fsp3) is 0.643. The van der Waals surface area contributed by atoms with E-state index in [1.54, 1.807) is 0 Å². The Labute approximate surface area is 122 Å². The summed E-state index contributed by atoms with van der Waals surface area (Å²) in [6.45, 7) is 3.27. The van der Waals surface area contributed by atoms with Gasteiger partial charge in [-0.05, 0) is 37.4 Å². The topological polar surface area (TPSA) is 48.4 Å². The number of piperidine rings is 1. The highest BCUT2D eigenvalue weighted by molar-refractivity contribution is 5.38. The van der Waals surface area contributed by atoms with Gasteiger partial charge in [0, 0.05) is 32.4 Å². The van der Waals surface area contributed by atoms with Crippen LogP contribution >= 0.6 is 0 Å². The maximum Gasteiger partial charge on any atom is 0.416 e. The number of aromatic nitrogens is 1. The number of nitrogens with zero attached hydrogens (tertiary/aromatic N) is 2. The quantitative estimate of drug-likeness (QED) is 0.875. The van der Waals surface area contributed by atoms with Crippen LogP contribution in [-0.2, 0) is 6.18 Å². The van der Waals surface area contributed by atoms with Gasteiger partial charge in [-0.3, -0.25) is 0 Å². The predicted octanol–water partition coefficient (Wildman–Crippen LogP) is 2.22. The number of halogens is 3. The molecule has 1 saturated heterocycles. The van der Waals surface area contributed by atoms with Crippen LogP contribution in [0, 0.1) is 5.92 Å².